The molecule has 2 N–H and O–H groups in total. The lowest BCUT2D eigenvalue weighted by molar-refractivity contribution is 0.277. The number of para-hydroxylation sites is 1. The first-order valence-corrected chi connectivity index (χ1v) is 7.83. The minimum atomic E-state index is 0.608. The third kappa shape index (κ3) is 3.99. The summed E-state index contributed by atoms with van der Waals surface area (Å²) in [6.07, 6.45) is 1.72. The van der Waals surface area contributed by atoms with Gasteiger partial charge in [0.25, 0.3) is 0 Å². The maximum Gasteiger partial charge on any atom is 0.164 e. The largest absolute Gasteiger partial charge is 0.490 e. The molecule has 0 aliphatic carbocycles. The fraction of sp³-hybridized carbons (Fsp3) is 0.375. The lowest BCUT2D eigenvalue weighted by atomic mass is 10.1. The van der Waals surface area contributed by atoms with Gasteiger partial charge in [0.05, 0.1) is 13.2 Å². The van der Waals surface area contributed by atoms with Gasteiger partial charge in [-0.05, 0) is 43.0 Å². The van der Waals surface area contributed by atoms with E-state index in [9.17, 15) is 0 Å². The monoisotopic (exact) mass is 291 g/mol. The Kier molecular flexibility index (Phi) is 5.89. The Hall–Kier alpha value is -1.52. The topological polar surface area (TPSA) is 44.5 Å². The maximum absolute atomic E-state index is 5.97. The molecule has 2 aromatic rings. The van der Waals surface area contributed by atoms with Crippen molar-refractivity contribution >= 4 is 11.3 Å². The number of ether oxygens (including phenoxy) is 2. The first-order valence-electron chi connectivity index (χ1n) is 6.95. The first-order chi connectivity index (χ1) is 9.85. The highest BCUT2D eigenvalue weighted by Crippen LogP contribution is 2.31. The van der Waals surface area contributed by atoms with E-state index in [1.165, 1.54) is 4.88 Å². The second-order valence-electron chi connectivity index (χ2n) is 4.39. The highest BCUT2D eigenvalue weighted by molar-refractivity contribution is 7.09. The van der Waals surface area contributed by atoms with Crippen LogP contribution in [0.2, 0.25) is 0 Å². The van der Waals surface area contributed by atoms with Crippen LogP contribution in [0, 0.1) is 0 Å². The molecule has 3 nitrogen and oxygen atoms in total. The molecule has 108 valence electrons. The molecular weight excluding hydrogens is 270 g/mol. The average molecular weight is 291 g/mol. The Balaban J connectivity index is 2.06. The van der Waals surface area contributed by atoms with Crippen LogP contribution in [0.1, 0.15) is 17.4 Å². The van der Waals surface area contributed by atoms with Crippen LogP contribution in [-0.2, 0) is 12.8 Å². The Morgan fingerprint density at radius 2 is 2.00 bits per heavy atom. The van der Waals surface area contributed by atoms with Crippen molar-refractivity contribution in [1.82, 2.24) is 0 Å². The molecule has 0 unspecified atom stereocenters. The van der Waals surface area contributed by atoms with E-state index in [1.807, 2.05) is 19.1 Å². The lowest BCUT2D eigenvalue weighted by Crippen LogP contribution is -2.08. The van der Waals surface area contributed by atoms with Crippen LogP contribution in [0.4, 0.5) is 0 Å². The molecule has 0 spiro atoms. The van der Waals surface area contributed by atoms with Gasteiger partial charge < -0.3 is 15.2 Å². The van der Waals surface area contributed by atoms with Gasteiger partial charge in [0.2, 0.25) is 0 Å². The highest BCUT2D eigenvalue weighted by Gasteiger charge is 2.10. The van der Waals surface area contributed by atoms with Crippen molar-refractivity contribution in [1.29, 1.82) is 0 Å². The van der Waals surface area contributed by atoms with Gasteiger partial charge in [-0.15, -0.1) is 11.3 Å². The molecule has 0 fully saturated rings. The average Bonchev–Trinajstić information content (AvgIpc) is 2.95. The zero-order valence-electron chi connectivity index (χ0n) is 11.8. The van der Waals surface area contributed by atoms with Crippen LogP contribution in [0.5, 0.6) is 11.5 Å². The molecule has 1 aromatic heterocycles. The van der Waals surface area contributed by atoms with Crippen molar-refractivity contribution in [2.45, 2.75) is 19.8 Å². The molecule has 2 rings (SSSR count). The summed E-state index contributed by atoms with van der Waals surface area (Å²) in [4.78, 5) is 1.33. The van der Waals surface area contributed by atoms with E-state index in [-0.39, 0.29) is 0 Å². The molecule has 0 aliphatic heterocycles. The van der Waals surface area contributed by atoms with Gasteiger partial charge in [-0.25, -0.2) is 0 Å². The summed E-state index contributed by atoms with van der Waals surface area (Å²) >= 11 is 1.76. The van der Waals surface area contributed by atoms with E-state index < -0.39 is 0 Å². The minimum absolute atomic E-state index is 0.608. The summed E-state index contributed by atoms with van der Waals surface area (Å²) < 4.78 is 11.6. The summed E-state index contributed by atoms with van der Waals surface area (Å²) in [6.45, 7) is 3.87. The number of benzene rings is 1. The van der Waals surface area contributed by atoms with E-state index in [2.05, 4.69) is 23.6 Å². The Labute approximate surface area is 124 Å². The maximum atomic E-state index is 5.97. The lowest BCUT2D eigenvalue weighted by Gasteiger charge is -2.15. The van der Waals surface area contributed by atoms with Crippen LogP contribution in [-0.4, -0.2) is 19.8 Å². The second-order valence-corrected chi connectivity index (χ2v) is 5.43. The van der Waals surface area contributed by atoms with Crippen LogP contribution >= 0.6 is 11.3 Å². The van der Waals surface area contributed by atoms with Gasteiger partial charge in [-0.3, -0.25) is 0 Å². The summed E-state index contributed by atoms with van der Waals surface area (Å²) in [5.74, 6) is 1.65. The van der Waals surface area contributed by atoms with Gasteiger partial charge in [0.1, 0.15) is 0 Å². The van der Waals surface area contributed by atoms with Gasteiger partial charge in [0.15, 0.2) is 11.5 Å². The smallest absolute Gasteiger partial charge is 0.164 e. The summed E-state index contributed by atoms with van der Waals surface area (Å²) in [5, 5.41) is 2.09. The summed E-state index contributed by atoms with van der Waals surface area (Å²) in [7, 11) is 0. The molecule has 20 heavy (non-hydrogen) atoms. The zero-order valence-corrected chi connectivity index (χ0v) is 12.6. The normalized spacial score (nSPS) is 10.5. The zero-order chi connectivity index (χ0) is 14.2. The van der Waals surface area contributed by atoms with E-state index in [0.717, 1.165) is 29.9 Å². The molecule has 0 saturated heterocycles. The van der Waals surface area contributed by atoms with Crippen LogP contribution < -0.4 is 15.2 Å². The SMILES string of the molecule is CCOc1cccc(CCN)c1OCCc1cccs1. The number of hydrogen-bond acceptors (Lipinski definition) is 4. The molecule has 0 aliphatic rings. The Bertz CT molecular complexity index is 487. The van der Waals surface area contributed by atoms with Crippen molar-refractivity contribution in [2.75, 3.05) is 19.8 Å². The fourth-order valence-corrected chi connectivity index (χ4v) is 2.75. The molecule has 4 heteroatoms. The summed E-state index contributed by atoms with van der Waals surface area (Å²) in [5.41, 5.74) is 6.78. The first kappa shape index (κ1) is 14.9. The quantitative estimate of drug-likeness (QED) is 0.812. The van der Waals surface area contributed by atoms with Crippen molar-refractivity contribution in [3.63, 3.8) is 0 Å². The van der Waals surface area contributed by atoms with E-state index in [1.54, 1.807) is 11.3 Å². The molecule has 0 bridgehead atoms. The van der Waals surface area contributed by atoms with Crippen molar-refractivity contribution < 1.29 is 9.47 Å². The predicted molar refractivity (Wildman–Crippen MR) is 83.9 cm³/mol. The van der Waals surface area contributed by atoms with Crippen molar-refractivity contribution in [3.05, 3.63) is 46.2 Å². The number of hydrogen-bond donors (Lipinski definition) is 1. The van der Waals surface area contributed by atoms with Crippen LogP contribution in [0.15, 0.2) is 35.7 Å². The van der Waals surface area contributed by atoms with Crippen molar-refractivity contribution in [3.8, 4) is 11.5 Å². The van der Waals surface area contributed by atoms with E-state index in [0.29, 0.717) is 19.8 Å². The third-order valence-corrected chi connectivity index (χ3v) is 3.89. The van der Waals surface area contributed by atoms with Crippen molar-refractivity contribution in [2.24, 2.45) is 5.73 Å². The number of rotatable bonds is 8. The van der Waals surface area contributed by atoms with E-state index >= 15 is 0 Å². The molecule has 0 atom stereocenters. The molecular formula is C16H21NO2S. The molecule has 1 heterocycles. The Morgan fingerprint density at radius 3 is 2.70 bits per heavy atom. The van der Waals surface area contributed by atoms with Gasteiger partial charge in [-0.2, -0.15) is 0 Å². The van der Waals surface area contributed by atoms with Gasteiger partial charge in [-0.1, -0.05) is 18.2 Å². The van der Waals surface area contributed by atoms with Crippen LogP contribution in [0.3, 0.4) is 0 Å². The van der Waals surface area contributed by atoms with Crippen LogP contribution in [0.25, 0.3) is 0 Å². The Morgan fingerprint density at radius 1 is 1.10 bits per heavy atom. The number of nitrogens with two attached hydrogens (primary N) is 1. The second kappa shape index (κ2) is 7.92. The number of thiophene rings is 1. The van der Waals surface area contributed by atoms with Gasteiger partial charge >= 0.3 is 0 Å². The predicted octanol–water partition coefficient (Wildman–Crippen LogP) is 3.27. The fourth-order valence-electron chi connectivity index (χ4n) is 2.06. The van der Waals surface area contributed by atoms with E-state index in [4.69, 9.17) is 15.2 Å². The molecule has 1 aromatic carbocycles. The molecule has 0 radical (unpaired) electrons. The standard InChI is InChI=1S/C16H21NO2S/c1-2-18-15-7-3-5-13(8-10-17)16(15)19-11-9-14-6-4-12-20-14/h3-7,12H,2,8-11,17H2,1H3. The molecule has 0 amide bonds. The third-order valence-electron chi connectivity index (χ3n) is 2.95. The highest BCUT2D eigenvalue weighted by atomic mass is 32.1. The molecule has 0 saturated carbocycles. The minimum Gasteiger partial charge on any atom is -0.490 e. The van der Waals surface area contributed by atoms with Gasteiger partial charge in [0, 0.05) is 11.3 Å². The summed E-state index contributed by atoms with van der Waals surface area (Å²) in [6, 6.07) is 10.2.